The minimum Gasteiger partial charge on any atom is -0.347 e. The smallest absolute Gasteiger partial charge is 0.263 e. The van der Waals surface area contributed by atoms with E-state index in [4.69, 9.17) is 0 Å². The molecule has 6 heteroatoms. The highest BCUT2D eigenvalue weighted by Gasteiger charge is 2.17. The normalized spacial score (nSPS) is 10.6. The third-order valence-corrected chi connectivity index (χ3v) is 5.56. The second-order valence-corrected chi connectivity index (χ2v) is 8.38. The van der Waals surface area contributed by atoms with Gasteiger partial charge in [-0.1, -0.05) is 35.9 Å². The number of benzene rings is 2. The van der Waals surface area contributed by atoms with Crippen LogP contribution in [0, 0.1) is 27.7 Å². The molecular weight excluding hydrogens is 382 g/mol. The SMILES string of the molecule is Cc1cccc(CNC(=O)c2sc(CC(=O)Nc3cc(C)cc(C)c3)nc2C)c1. The topological polar surface area (TPSA) is 71.1 Å². The molecule has 2 amide bonds. The first kappa shape index (κ1) is 20.7. The molecule has 0 fully saturated rings. The molecule has 0 bridgehead atoms. The fraction of sp³-hybridized carbons (Fsp3) is 0.261. The van der Waals surface area contributed by atoms with E-state index in [0.717, 1.165) is 27.9 Å². The Morgan fingerprint density at radius 2 is 1.69 bits per heavy atom. The molecule has 0 aliphatic carbocycles. The summed E-state index contributed by atoms with van der Waals surface area (Å²) in [4.78, 5) is 29.9. The fourth-order valence-corrected chi connectivity index (χ4v) is 4.19. The maximum absolute atomic E-state index is 12.5. The molecule has 2 N–H and O–H groups in total. The average Bonchev–Trinajstić information content (AvgIpc) is 2.99. The van der Waals surface area contributed by atoms with E-state index in [2.05, 4.69) is 21.7 Å². The Bertz CT molecular complexity index is 1040. The Hall–Kier alpha value is -2.99. The Kier molecular flexibility index (Phi) is 6.44. The fourth-order valence-electron chi connectivity index (χ4n) is 3.21. The van der Waals surface area contributed by atoms with Crippen molar-refractivity contribution in [3.8, 4) is 0 Å². The zero-order chi connectivity index (χ0) is 21.0. The van der Waals surface area contributed by atoms with Crippen molar-refractivity contribution >= 4 is 28.8 Å². The van der Waals surface area contributed by atoms with Crippen molar-refractivity contribution in [2.45, 2.75) is 40.7 Å². The molecular formula is C23H25N3O2S. The second kappa shape index (κ2) is 9.01. The molecule has 1 heterocycles. The van der Waals surface area contributed by atoms with E-state index in [-0.39, 0.29) is 18.2 Å². The van der Waals surface area contributed by atoms with E-state index in [0.29, 0.717) is 22.1 Å². The number of hydrogen-bond acceptors (Lipinski definition) is 4. The number of carbonyl (C=O) groups excluding carboxylic acids is 2. The lowest BCUT2D eigenvalue weighted by atomic mass is 10.1. The quantitative estimate of drug-likeness (QED) is 0.632. The van der Waals surface area contributed by atoms with Gasteiger partial charge in [0.15, 0.2) is 0 Å². The minimum absolute atomic E-state index is 0.143. The molecule has 5 nitrogen and oxygen atoms in total. The summed E-state index contributed by atoms with van der Waals surface area (Å²) in [5.41, 5.74) is 5.81. The lowest BCUT2D eigenvalue weighted by molar-refractivity contribution is -0.115. The van der Waals surface area contributed by atoms with Crippen LogP contribution >= 0.6 is 11.3 Å². The first-order valence-corrected chi connectivity index (χ1v) is 10.3. The Morgan fingerprint density at radius 3 is 2.38 bits per heavy atom. The molecule has 29 heavy (non-hydrogen) atoms. The first-order valence-electron chi connectivity index (χ1n) is 9.48. The number of thiazole rings is 1. The van der Waals surface area contributed by atoms with Crippen LogP contribution in [0.25, 0.3) is 0 Å². The van der Waals surface area contributed by atoms with Gasteiger partial charge < -0.3 is 10.6 Å². The average molecular weight is 408 g/mol. The molecule has 2 aromatic carbocycles. The number of hydrogen-bond donors (Lipinski definition) is 2. The van der Waals surface area contributed by atoms with Gasteiger partial charge in [-0.25, -0.2) is 4.98 Å². The lowest BCUT2D eigenvalue weighted by Crippen LogP contribution is -2.22. The molecule has 1 aromatic heterocycles. The molecule has 150 valence electrons. The molecule has 0 aliphatic rings. The van der Waals surface area contributed by atoms with Crippen molar-refractivity contribution in [3.05, 3.63) is 80.3 Å². The number of anilines is 1. The van der Waals surface area contributed by atoms with Crippen LogP contribution in [-0.4, -0.2) is 16.8 Å². The first-order chi connectivity index (χ1) is 13.8. The van der Waals surface area contributed by atoms with Gasteiger partial charge in [-0.2, -0.15) is 0 Å². The van der Waals surface area contributed by atoms with Crippen LogP contribution in [0.3, 0.4) is 0 Å². The summed E-state index contributed by atoms with van der Waals surface area (Å²) in [6.45, 7) is 8.26. The Balaban J connectivity index is 1.61. The standard InChI is InChI=1S/C23H25N3O2S/c1-14-6-5-7-18(9-14)13-24-23(28)22-17(4)25-21(29-22)12-20(27)26-19-10-15(2)8-16(3)11-19/h5-11H,12-13H2,1-4H3,(H,24,28)(H,26,27). The predicted molar refractivity (Wildman–Crippen MR) is 117 cm³/mol. The molecule has 3 aromatic rings. The zero-order valence-corrected chi connectivity index (χ0v) is 17.9. The lowest BCUT2D eigenvalue weighted by Gasteiger charge is -2.06. The van der Waals surface area contributed by atoms with Crippen LogP contribution in [0.1, 0.15) is 42.6 Å². The van der Waals surface area contributed by atoms with Crippen LogP contribution < -0.4 is 10.6 Å². The summed E-state index contributed by atoms with van der Waals surface area (Å²) >= 11 is 1.27. The summed E-state index contributed by atoms with van der Waals surface area (Å²) in [6, 6.07) is 13.9. The third kappa shape index (κ3) is 5.74. The Morgan fingerprint density at radius 1 is 0.966 bits per heavy atom. The molecule has 0 saturated carbocycles. The molecule has 3 rings (SSSR count). The van der Waals surface area contributed by atoms with Gasteiger partial charge >= 0.3 is 0 Å². The number of nitrogens with zero attached hydrogens (tertiary/aromatic N) is 1. The van der Waals surface area contributed by atoms with Crippen molar-refractivity contribution < 1.29 is 9.59 Å². The Labute approximate surface area is 175 Å². The number of amides is 2. The highest BCUT2D eigenvalue weighted by molar-refractivity contribution is 7.13. The number of aromatic nitrogens is 1. The van der Waals surface area contributed by atoms with Crippen LogP contribution in [0.15, 0.2) is 42.5 Å². The third-order valence-electron chi connectivity index (χ3n) is 4.40. The number of rotatable bonds is 6. The van der Waals surface area contributed by atoms with Gasteiger partial charge in [0.05, 0.1) is 12.1 Å². The van der Waals surface area contributed by atoms with Crippen molar-refractivity contribution in [2.24, 2.45) is 0 Å². The van der Waals surface area contributed by atoms with Crippen molar-refractivity contribution in [1.29, 1.82) is 0 Å². The van der Waals surface area contributed by atoms with Crippen molar-refractivity contribution in [2.75, 3.05) is 5.32 Å². The molecule has 0 saturated heterocycles. The molecule has 0 atom stereocenters. The summed E-state index contributed by atoms with van der Waals surface area (Å²) < 4.78 is 0. The van der Waals surface area contributed by atoms with Gasteiger partial charge in [-0.15, -0.1) is 11.3 Å². The molecule has 0 aliphatic heterocycles. The van der Waals surface area contributed by atoms with E-state index in [1.165, 1.54) is 11.3 Å². The van der Waals surface area contributed by atoms with Gasteiger partial charge in [-0.05, 0) is 56.5 Å². The number of nitrogens with one attached hydrogen (secondary N) is 2. The van der Waals surface area contributed by atoms with Crippen molar-refractivity contribution in [3.63, 3.8) is 0 Å². The van der Waals surface area contributed by atoms with Crippen LogP contribution in [0.5, 0.6) is 0 Å². The van der Waals surface area contributed by atoms with E-state index in [9.17, 15) is 9.59 Å². The largest absolute Gasteiger partial charge is 0.347 e. The minimum atomic E-state index is -0.164. The number of carbonyl (C=O) groups is 2. The van der Waals surface area contributed by atoms with Gasteiger partial charge in [0.2, 0.25) is 5.91 Å². The molecule has 0 spiro atoms. The van der Waals surface area contributed by atoms with Crippen molar-refractivity contribution in [1.82, 2.24) is 10.3 Å². The predicted octanol–water partition coefficient (Wildman–Crippen LogP) is 4.49. The van der Waals surface area contributed by atoms with Gasteiger partial charge in [0, 0.05) is 12.2 Å². The van der Waals surface area contributed by atoms with Crippen LogP contribution in [0.4, 0.5) is 5.69 Å². The number of aryl methyl sites for hydroxylation is 4. The summed E-state index contributed by atoms with van der Waals surface area (Å²) in [7, 11) is 0. The van der Waals surface area contributed by atoms with E-state index in [1.807, 2.05) is 57.2 Å². The summed E-state index contributed by atoms with van der Waals surface area (Å²) in [6.07, 6.45) is 0.143. The van der Waals surface area contributed by atoms with Gasteiger partial charge in [-0.3, -0.25) is 9.59 Å². The van der Waals surface area contributed by atoms with Crippen LogP contribution in [0.2, 0.25) is 0 Å². The maximum Gasteiger partial charge on any atom is 0.263 e. The highest BCUT2D eigenvalue weighted by atomic mass is 32.1. The highest BCUT2D eigenvalue weighted by Crippen LogP contribution is 2.20. The maximum atomic E-state index is 12.5. The molecule has 0 unspecified atom stereocenters. The van der Waals surface area contributed by atoms with Gasteiger partial charge in [0.25, 0.3) is 5.91 Å². The van der Waals surface area contributed by atoms with E-state index in [1.54, 1.807) is 6.92 Å². The molecule has 0 radical (unpaired) electrons. The van der Waals surface area contributed by atoms with E-state index >= 15 is 0 Å². The summed E-state index contributed by atoms with van der Waals surface area (Å²) in [5, 5.41) is 6.47. The summed E-state index contributed by atoms with van der Waals surface area (Å²) in [5.74, 6) is -0.307. The van der Waals surface area contributed by atoms with E-state index < -0.39 is 0 Å². The van der Waals surface area contributed by atoms with Crippen LogP contribution in [-0.2, 0) is 17.8 Å². The monoisotopic (exact) mass is 407 g/mol. The van der Waals surface area contributed by atoms with Gasteiger partial charge in [0.1, 0.15) is 9.88 Å². The zero-order valence-electron chi connectivity index (χ0n) is 17.1. The second-order valence-electron chi connectivity index (χ2n) is 7.30.